The molecule has 0 saturated carbocycles. The smallest absolute Gasteiger partial charge is 0.129 e. The topological polar surface area (TPSA) is 23.4 Å². The predicted molar refractivity (Wildman–Crippen MR) is 150 cm³/mol. The van der Waals surface area contributed by atoms with Crippen molar-refractivity contribution in [3.05, 3.63) is 77.3 Å². The van der Waals surface area contributed by atoms with Gasteiger partial charge in [-0.25, -0.2) is 0 Å². The number of aromatic nitrogens is 1. The molecule has 0 aliphatic rings. The summed E-state index contributed by atoms with van der Waals surface area (Å²) < 4.78 is 16.1. The van der Waals surface area contributed by atoms with E-state index in [1.807, 2.05) is 29.5 Å². The van der Waals surface area contributed by atoms with Gasteiger partial charge >= 0.3 is 0 Å². The maximum atomic E-state index is 6.89. The van der Waals surface area contributed by atoms with Crippen molar-refractivity contribution in [1.82, 2.24) is 4.57 Å². The summed E-state index contributed by atoms with van der Waals surface area (Å²) in [5, 5.41) is 5.34. The van der Waals surface area contributed by atoms with Crippen LogP contribution in [0, 0.1) is 0 Å². The molecule has 0 aliphatic carbocycles. The van der Waals surface area contributed by atoms with Crippen molar-refractivity contribution >= 4 is 64.9 Å². The van der Waals surface area contributed by atoms with Gasteiger partial charge in [-0.05, 0) is 77.7 Å². The fourth-order valence-corrected chi connectivity index (χ4v) is 6.52. The minimum absolute atomic E-state index is 0.713. The van der Waals surface area contributed by atoms with Crippen molar-refractivity contribution < 1.29 is 9.47 Å². The number of nitrogens with zero attached hydrogens (tertiary/aromatic N) is 1. The van der Waals surface area contributed by atoms with E-state index in [0.717, 1.165) is 39.9 Å². The van der Waals surface area contributed by atoms with Gasteiger partial charge in [-0.1, -0.05) is 43.1 Å². The van der Waals surface area contributed by atoms with Gasteiger partial charge in [0.05, 0.1) is 40.4 Å². The van der Waals surface area contributed by atoms with Gasteiger partial charge in [0.25, 0.3) is 0 Å². The Bertz CT molecular complexity index is 1730. The zero-order valence-electron chi connectivity index (χ0n) is 20.0. The van der Waals surface area contributed by atoms with Gasteiger partial charge in [0.2, 0.25) is 0 Å². The Labute approximate surface area is 213 Å². The summed E-state index contributed by atoms with van der Waals surface area (Å²) in [6, 6.07) is 23.5. The SMILES string of the molecule is CCCCc1ccc2sc3c4c(OC)ccc(Cl)c4n(-c4ccc5ccc(OC)cc5c4)c3c2c1. The first-order chi connectivity index (χ1) is 17.1. The average molecular weight is 500 g/mol. The summed E-state index contributed by atoms with van der Waals surface area (Å²) in [5.41, 5.74) is 4.61. The second-order valence-corrected chi connectivity index (χ2v) is 10.4. The monoisotopic (exact) mass is 499 g/mol. The van der Waals surface area contributed by atoms with E-state index in [1.54, 1.807) is 14.2 Å². The molecule has 4 aromatic carbocycles. The van der Waals surface area contributed by atoms with Crippen LogP contribution >= 0.6 is 22.9 Å². The van der Waals surface area contributed by atoms with E-state index in [2.05, 4.69) is 60.0 Å². The maximum absolute atomic E-state index is 6.89. The van der Waals surface area contributed by atoms with E-state index >= 15 is 0 Å². The molecule has 35 heavy (non-hydrogen) atoms. The first kappa shape index (κ1) is 22.3. The molecule has 2 aromatic heterocycles. The minimum atomic E-state index is 0.713. The highest BCUT2D eigenvalue weighted by Crippen LogP contribution is 2.47. The highest BCUT2D eigenvalue weighted by Gasteiger charge is 2.23. The first-order valence-electron chi connectivity index (χ1n) is 11.9. The largest absolute Gasteiger partial charge is 0.497 e. The van der Waals surface area contributed by atoms with Crippen molar-refractivity contribution in [2.75, 3.05) is 14.2 Å². The van der Waals surface area contributed by atoms with Gasteiger partial charge < -0.3 is 14.0 Å². The lowest BCUT2D eigenvalue weighted by molar-refractivity contribution is 0.415. The first-order valence-corrected chi connectivity index (χ1v) is 13.1. The van der Waals surface area contributed by atoms with Gasteiger partial charge in [-0.15, -0.1) is 11.3 Å². The van der Waals surface area contributed by atoms with Crippen molar-refractivity contribution in [1.29, 1.82) is 0 Å². The predicted octanol–water partition coefficient (Wildman–Crippen LogP) is 9.16. The van der Waals surface area contributed by atoms with Gasteiger partial charge in [-0.2, -0.15) is 0 Å². The Morgan fingerprint density at radius 1 is 0.857 bits per heavy atom. The van der Waals surface area contributed by atoms with Crippen LogP contribution in [-0.2, 0) is 6.42 Å². The third-order valence-corrected chi connectivity index (χ3v) is 8.30. The lowest BCUT2D eigenvalue weighted by atomic mass is 10.1. The van der Waals surface area contributed by atoms with Crippen molar-refractivity contribution in [3.8, 4) is 17.2 Å². The number of methoxy groups -OCH3 is 2. The number of aryl methyl sites for hydroxylation is 1. The summed E-state index contributed by atoms with van der Waals surface area (Å²) in [7, 11) is 3.43. The van der Waals surface area contributed by atoms with Crippen molar-refractivity contribution in [2.24, 2.45) is 0 Å². The number of rotatable bonds is 6. The van der Waals surface area contributed by atoms with E-state index in [0.29, 0.717) is 5.02 Å². The molecule has 0 radical (unpaired) electrons. The van der Waals surface area contributed by atoms with E-state index < -0.39 is 0 Å². The Morgan fingerprint density at radius 2 is 1.71 bits per heavy atom. The molecule has 0 amide bonds. The van der Waals surface area contributed by atoms with Crippen molar-refractivity contribution in [2.45, 2.75) is 26.2 Å². The van der Waals surface area contributed by atoms with Crippen LogP contribution in [-0.4, -0.2) is 18.8 Å². The van der Waals surface area contributed by atoms with Crippen LogP contribution in [0.1, 0.15) is 25.3 Å². The molecule has 2 heterocycles. The number of unbranched alkanes of at least 4 members (excludes halogenated alkanes) is 1. The van der Waals surface area contributed by atoms with Crippen LogP contribution in [0.5, 0.6) is 11.5 Å². The van der Waals surface area contributed by atoms with E-state index in [4.69, 9.17) is 21.1 Å². The Balaban J connectivity index is 1.74. The molecule has 6 aromatic rings. The molecule has 0 N–H and O–H groups in total. The number of thiophene rings is 1. The van der Waals surface area contributed by atoms with Crippen LogP contribution < -0.4 is 9.47 Å². The van der Waals surface area contributed by atoms with E-state index in [-0.39, 0.29) is 0 Å². The van der Waals surface area contributed by atoms with Crippen LogP contribution in [0.2, 0.25) is 5.02 Å². The molecular weight excluding hydrogens is 474 g/mol. The van der Waals surface area contributed by atoms with Crippen LogP contribution in [0.25, 0.3) is 47.7 Å². The fraction of sp³-hybridized carbons (Fsp3) is 0.200. The third-order valence-electron chi connectivity index (χ3n) is 6.82. The summed E-state index contributed by atoms with van der Waals surface area (Å²) >= 11 is 8.70. The molecule has 0 spiro atoms. The van der Waals surface area contributed by atoms with Crippen molar-refractivity contribution in [3.63, 3.8) is 0 Å². The summed E-state index contributed by atoms with van der Waals surface area (Å²) in [4.78, 5) is 0. The molecule has 0 atom stereocenters. The quantitative estimate of drug-likeness (QED) is 0.228. The van der Waals surface area contributed by atoms with E-state index in [9.17, 15) is 0 Å². The summed E-state index contributed by atoms with van der Waals surface area (Å²) in [6.45, 7) is 2.24. The zero-order chi connectivity index (χ0) is 24.1. The number of ether oxygens (including phenoxy) is 2. The zero-order valence-corrected chi connectivity index (χ0v) is 21.6. The maximum Gasteiger partial charge on any atom is 0.129 e. The standard InChI is InChI=1S/C30H26ClNO2S/c1-4-5-6-18-7-14-26-23(15-18)28-30(35-26)27-25(34-3)13-12-24(31)29(27)32(28)21-10-8-19-9-11-22(33-2)17-20(19)16-21/h7-17H,4-6H2,1-3H3. The molecule has 0 aliphatic heterocycles. The van der Waals surface area contributed by atoms with E-state index in [1.165, 1.54) is 44.1 Å². The van der Waals surface area contributed by atoms with Gasteiger partial charge in [-0.3, -0.25) is 0 Å². The summed E-state index contributed by atoms with van der Waals surface area (Å²) in [5.74, 6) is 1.69. The van der Waals surface area contributed by atoms with Gasteiger partial charge in [0.15, 0.2) is 0 Å². The lowest BCUT2D eigenvalue weighted by Gasteiger charge is -2.12. The third kappa shape index (κ3) is 3.55. The Kier molecular flexibility index (Phi) is 5.58. The number of hydrogen-bond acceptors (Lipinski definition) is 3. The fourth-order valence-electron chi connectivity index (χ4n) is 5.06. The molecule has 0 bridgehead atoms. The second kappa shape index (κ2) is 8.78. The highest BCUT2D eigenvalue weighted by atomic mass is 35.5. The molecule has 0 unspecified atom stereocenters. The Morgan fingerprint density at radius 3 is 2.51 bits per heavy atom. The second-order valence-electron chi connectivity index (χ2n) is 8.92. The average Bonchev–Trinajstić information content (AvgIpc) is 3.42. The minimum Gasteiger partial charge on any atom is -0.497 e. The number of fused-ring (bicyclic) bond motifs is 6. The molecule has 0 saturated heterocycles. The molecule has 6 rings (SSSR count). The number of halogens is 1. The summed E-state index contributed by atoms with van der Waals surface area (Å²) in [6.07, 6.45) is 3.46. The molecular formula is C30H26ClNO2S. The number of hydrogen-bond donors (Lipinski definition) is 0. The number of benzene rings is 4. The van der Waals surface area contributed by atoms with Crippen LogP contribution in [0.3, 0.4) is 0 Å². The van der Waals surface area contributed by atoms with Gasteiger partial charge in [0.1, 0.15) is 11.5 Å². The van der Waals surface area contributed by atoms with Gasteiger partial charge in [0, 0.05) is 15.8 Å². The Hall–Kier alpha value is -3.21. The normalized spacial score (nSPS) is 11.8. The molecule has 176 valence electrons. The molecule has 3 nitrogen and oxygen atoms in total. The highest BCUT2D eigenvalue weighted by molar-refractivity contribution is 7.26. The molecule has 5 heteroatoms. The lowest BCUT2D eigenvalue weighted by Crippen LogP contribution is -1.95. The molecule has 0 fully saturated rings. The van der Waals surface area contributed by atoms with Crippen LogP contribution in [0.15, 0.2) is 66.7 Å². The van der Waals surface area contributed by atoms with Crippen LogP contribution in [0.4, 0.5) is 0 Å².